The van der Waals surface area contributed by atoms with Gasteiger partial charge in [0, 0.05) is 35.3 Å². The van der Waals surface area contributed by atoms with Gasteiger partial charge in [-0.2, -0.15) is 0 Å². The van der Waals surface area contributed by atoms with Crippen molar-refractivity contribution < 1.29 is 4.79 Å². The van der Waals surface area contributed by atoms with E-state index in [4.69, 9.17) is 5.73 Å². The van der Waals surface area contributed by atoms with E-state index >= 15 is 0 Å². The number of amides is 1. The van der Waals surface area contributed by atoms with Crippen molar-refractivity contribution in [2.45, 2.75) is 24.7 Å². The molecule has 130 valence electrons. The van der Waals surface area contributed by atoms with Crippen LogP contribution < -0.4 is 5.73 Å². The van der Waals surface area contributed by atoms with E-state index in [9.17, 15) is 4.79 Å². The summed E-state index contributed by atoms with van der Waals surface area (Å²) >= 11 is 4.98. The second-order valence-electron chi connectivity index (χ2n) is 6.11. The van der Waals surface area contributed by atoms with E-state index in [1.165, 1.54) is 16.9 Å². The van der Waals surface area contributed by atoms with Crippen LogP contribution in [0.1, 0.15) is 33.9 Å². The second kappa shape index (κ2) is 7.95. The number of hydrogen-bond acceptors (Lipinski definition) is 4. The zero-order chi connectivity index (χ0) is 16.4. The van der Waals surface area contributed by atoms with Crippen molar-refractivity contribution in [3.05, 3.63) is 50.4 Å². The number of thiazole rings is 1. The fourth-order valence-corrected chi connectivity index (χ4v) is 3.91. The highest BCUT2D eigenvalue weighted by Crippen LogP contribution is 2.48. The van der Waals surface area contributed by atoms with Crippen molar-refractivity contribution in [2.24, 2.45) is 5.73 Å². The molecule has 0 unspecified atom stereocenters. The first-order valence-corrected chi connectivity index (χ1v) is 9.37. The molecular formula is C17H21BrClN3OS. The van der Waals surface area contributed by atoms with Gasteiger partial charge < -0.3 is 10.6 Å². The van der Waals surface area contributed by atoms with Crippen LogP contribution in [0, 0.1) is 0 Å². The molecule has 2 aromatic rings. The molecule has 1 aliphatic rings. The maximum atomic E-state index is 12.6. The van der Waals surface area contributed by atoms with Crippen LogP contribution in [0.2, 0.25) is 0 Å². The molecule has 1 saturated carbocycles. The fourth-order valence-electron chi connectivity index (χ4n) is 2.86. The number of carbonyl (C=O) groups excluding carboxylic acids is 1. The van der Waals surface area contributed by atoms with Gasteiger partial charge in [0.15, 0.2) is 0 Å². The van der Waals surface area contributed by atoms with Gasteiger partial charge in [-0.3, -0.25) is 4.79 Å². The van der Waals surface area contributed by atoms with Crippen LogP contribution in [-0.4, -0.2) is 35.9 Å². The Hall–Kier alpha value is -0.950. The molecule has 0 aliphatic heterocycles. The lowest BCUT2D eigenvalue weighted by Crippen LogP contribution is -2.34. The van der Waals surface area contributed by atoms with Gasteiger partial charge in [0.2, 0.25) is 0 Å². The van der Waals surface area contributed by atoms with Crippen LogP contribution in [0.15, 0.2) is 34.1 Å². The number of aromatic nitrogens is 1. The van der Waals surface area contributed by atoms with Crippen molar-refractivity contribution in [3.8, 4) is 0 Å². The molecule has 1 aromatic heterocycles. The summed E-state index contributed by atoms with van der Waals surface area (Å²) in [7, 11) is 1.86. The molecule has 3 rings (SSSR count). The maximum Gasteiger partial charge on any atom is 0.273 e. The predicted molar refractivity (Wildman–Crippen MR) is 104 cm³/mol. The number of nitrogens with zero attached hydrogens (tertiary/aromatic N) is 2. The van der Waals surface area contributed by atoms with Gasteiger partial charge in [-0.05, 0) is 37.1 Å². The van der Waals surface area contributed by atoms with Gasteiger partial charge in [-0.1, -0.05) is 28.1 Å². The van der Waals surface area contributed by atoms with E-state index in [0.717, 1.165) is 35.3 Å². The van der Waals surface area contributed by atoms with Gasteiger partial charge in [0.1, 0.15) is 5.69 Å². The van der Waals surface area contributed by atoms with E-state index < -0.39 is 0 Å². The molecule has 4 nitrogen and oxygen atoms in total. The Kier molecular flexibility index (Phi) is 6.42. The van der Waals surface area contributed by atoms with Gasteiger partial charge >= 0.3 is 0 Å². The molecule has 0 bridgehead atoms. The molecule has 1 heterocycles. The normalized spacial score (nSPS) is 14.8. The van der Waals surface area contributed by atoms with Crippen LogP contribution >= 0.6 is 39.7 Å². The maximum absolute atomic E-state index is 12.6. The molecule has 7 heteroatoms. The standard InChI is InChI=1S/C17H20BrN3OS.ClH/c1-21(16(22)14-10-23-15(20-14)6-9-19)11-17(7-8-17)12-2-4-13(18)5-3-12;/h2-5,10H,6-9,11,19H2,1H3;1H. The van der Waals surface area contributed by atoms with Crippen LogP contribution in [0.5, 0.6) is 0 Å². The Morgan fingerprint density at radius 2 is 2.04 bits per heavy atom. The Bertz CT molecular complexity index is 700. The SMILES string of the molecule is CN(CC1(c2ccc(Br)cc2)CC1)C(=O)c1csc(CCN)n1.Cl. The van der Waals surface area contributed by atoms with E-state index in [2.05, 4.69) is 45.2 Å². The summed E-state index contributed by atoms with van der Waals surface area (Å²) in [4.78, 5) is 18.8. The third kappa shape index (κ3) is 4.17. The second-order valence-corrected chi connectivity index (χ2v) is 7.97. The number of nitrogens with two attached hydrogens (primary N) is 1. The van der Waals surface area contributed by atoms with E-state index in [1.54, 1.807) is 4.90 Å². The van der Waals surface area contributed by atoms with Crippen molar-refractivity contribution in [2.75, 3.05) is 20.1 Å². The van der Waals surface area contributed by atoms with Crippen LogP contribution in [-0.2, 0) is 11.8 Å². The number of hydrogen-bond donors (Lipinski definition) is 1. The van der Waals surface area contributed by atoms with Gasteiger partial charge in [-0.25, -0.2) is 4.98 Å². The molecule has 1 aliphatic carbocycles. The third-order valence-corrected chi connectivity index (χ3v) is 5.76. The zero-order valence-electron chi connectivity index (χ0n) is 13.5. The lowest BCUT2D eigenvalue weighted by Gasteiger charge is -2.24. The van der Waals surface area contributed by atoms with Crippen LogP contribution in [0.25, 0.3) is 0 Å². The van der Waals surface area contributed by atoms with E-state index in [0.29, 0.717) is 12.2 Å². The molecule has 24 heavy (non-hydrogen) atoms. The zero-order valence-corrected chi connectivity index (χ0v) is 16.7. The van der Waals surface area contributed by atoms with Gasteiger partial charge in [0.25, 0.3) is 5.91 Å². The Labute approximate surface area is 161 Å². The molecule has 2 N–H and O–H groups in total. The molecular weight excluding hydrogens is 410 g/mol. The molecule has 1 fully saturated rings. The van der Waals surface area contributed by atoms with Gasteiger partial charge in [-0.15, -0.1) is 23.7 Å². The summed E-state index contributed by atoms with van der Waals surface area (Å²) < 4.78 is 1.08. The minimum atomic E-state index is -0.00657. The van der Waals surface area contributed by atoms with Crippen LogP contribution in [0.3, 0.4) is 0 Å². The quantitative estimate of drug-likeness (QED) is 0.761. The average molecular weight is 431 g/mol. The van der Waals surface area contributed by atoms with Gasteiger partial charge in [0.05, 0.1) is 5.01 Å². The summed E-state index contributed by atoms with van der Waals surface area (Å²) in [6, 6.07) is 8.43. The molecule has 1 amide bonds. The van der Waals surface area contributed by atoms with E-state index in [-0.39, 0.29) is 23.7 Å². The average Bonchev–Trinajstić information content (AvgIpc) is 3.16. The highest BCUT2D eigenvalue weighted by atomic mass is 79.9. The summed E-state index contributed by atoms with van der Waals surface area (Å²) in [5.74, 6) is -0.00657. The van der Waals surface area contributed by atoms with Crippen molar-refractivity contribution >= 4 is 45.6 Å². The minimum absolute atomic E-state index is 0. The Morgan fingerprint density at radius 3 is 2.62 bits per heavy atom. The number of carbonyl (C=O) groups is 1. The number of benzene rings is 1. The van der Waals surface area contributed by atoms with Crippen molar-refractivity contribution in [3.63, 3.8) is 0 Å². The molecule has 0 atom stereocenters. The Morgan fingerprint density at radius 1 is 1.38 bits per heavy atom. The molecule has 0 spiro atoms. The largest absolute Gasteiger partial charge is 0.339 e. The predicted octanol–water partition coefficient (Wildman–Crippen LogP) is 3.63. The topological polar surface area (TPSA) is 59.2 Å². The summed E-state index contributed by atoms with van der Waals surface area (Å²) in [5.41, 5.74) is 7.50. The minimum Gasteiger partial charge on any atom is -0.339 e. The monoisotopic (exact) mass is 429 g/mol. The number of halogens is 2. The third-order valence-electron chi connectivity index (χ3n) is 4.33. The van der Waals surface area contributed by atoms with Crippen molar-refractivity contribution in [1.29, 1.82) is 0 Å². The smallest absolute Gasteiger partial charge is 0.273 e. The first-order valence-electron chi connectivity index (χ1n) is 7.70. The van der Waals surface area contributed by atoms with E-state index in [1.807, 2.05) is 12.4 Å². The first-order chi connectivity index (χ1) is 11.0. The number of rotatable bonds is 6. The highest BCUT2D eigenvalue weighted by Gasteiger charge is 2.45. The molecule has 0 radical (unpaired) electrons. The summed E-state index contributed by atoms with van der Waals surface area (Å²) in [6.07, 6.45) is 2.98. The first kappa shape index (κ1) is 19.4. The van der Waals surface area contributed by atoms with Crippen LogP contribution in [0.4, 0.5) is 0 Å². The summed E-state index contributed by atoms with van der Waals surface area (Å²) in [6.45, 7) is 1.29. The Balaban J connectivity index is 0.00000208. The fraction of sp³-hybridized carbons (Fsp3) is 0.412. The molecule has 1 aromatic carbocycles. The van der Waals surface area contributed by atoms with Crippen molar-refractivity contribution in [1.82, 2.24) is 9.88 Å². The highest BCUT2D eigenvalue weighted by molar-refractivity contribution is 9.10. The lowest BCUT2D eigenvalue weighted by atomic mass is 9.95. The lowest BCUT2D eigenvalue weighted by molar-refractivity contribution is 0.0776. The molecule has 0 saturated heterocycles. The summed E-state index contributed by atoms with van der Waals surface area (Å²) in [5, 5.41) is 2.77. The number of likely N-dealkylation sites (N-methyl/N-ethyl adjacent to an activating group) is 1.